The second kappa shape index (κ2) is 8.26. The lowest BCUT2D eigenvalue weighted by Crippen LogP contribution is -2.42. The lowest BCUT2D eigenvalue weighted by molar-refractivity contribution is 0.0496. The highest BCUT2D eigenvalue weighted by Crippen LogP contribution is 2.34. The lowest BCUT2D eigenvalue weighted by atomic mass is 9.90. The highest BCUT2D eigenvalue weighted by Gasteiger charge is 2.28. The fourth-order valence-corrected chi connectivity index (χ4v) is 3.71. The van der Waals surface area contributed by atoms with Gasteiger partial charge in [0, 0.05) is 23.5 Å². The first-order chi connectivity index (χ1) is 12.8. The molecule has 0 fully saturated rings. The summed E-state index contributed by atoms with van der Waals surface area (Å²) in [6, 6.07) is 2.14. The number of alkyl carbamates (subject to hydrolysis) is 1. The van der Waals surface area contributed by atoms with Gasteiger partial charge in [-0.3, -0.25) is 4.55 Å². The summed E-state index contributed by atoms with van der Waals surface area (Å²) >= 11 is 6.00. The van der Waals surface area contributed by atoms with Crippen LogP contribution in [0.3, 0.4) is 0 Å². The van der Waals surface area contributed by atoms with E-state index in [-0.39, 0.29) is 11.4 Å². The molecule has 0 aliphatic heterocycles. The minimum atomic E-state index is -4.25. The molecule has 3 N–H and O–H groups in total. The number of rotatable bonds is 6. The summed E-state index contributed by atoms with van der Waals surface area (Å²) in [7, 11) is -4.25. The van der Waals surface area contributed by atoms with E-state index >= 15 is 0 Å². The number of halogens is 2. The Morgan fingerprint density at radius 2 is 2.07 bits per heavy atom. The first-order valence-electron chi connectivity index (χ1n) is 8.68. The number of ether oxygens (including phenoxy) is 1. The number of carbonyl (C=O) groups is 1. The van der Waals surface area contributed by atoms with Crippen LogP contribution in [0.15, 0.2) is 18.3 Å². The van der Waals surface area contributed by atoms with Crippen molar-refractivity contribution in [3.05, 3.63) is 34.7 Å². The number of fused-ring (bicyclic) bond motifs is 1. The van der Waals surface area contributed by atoms with Gasteiger partial charge in [0.1, 0.15) is 11.4 Å². The highest BCUT2D eigenvalue weighted by atomic mass is 35.5. The number of aromatic amines is 1. The average Bonchev–Trinajstić information content (AvgIpc) is 3.01. The summed E-state index contributed by atoms with van der Waals surface area (Å²) in [4.78, 5) is 15.2. The zero-order chi connectivity index (χ0) is 21.3. The minimum Gasteiger partial charge on any atom is -0.444 e. The molecule has 1 amide bonds. The third-order valence-corrected chi connectivity index (χ3v) is 5.38. The van der Waals surface area contributed by atoms with Crippen LogP contribution in [0.4, 0.5) is 9.18 Å². The van der Waals surface area contributed by atoms with Gasteiger partial charge in [-0.15, -0.1) is 0 Å². The molecule has 2 aromatic rings. The second-order valence-corrected chi connectivity index (χ2v) is 9.59. The Morgan fingerprint density at radius 1 is 1.43 bits per heavy atom. The molecule has 0 saturated carbocycles. The smallest absolute Gasteiger partial charge is 0.407 e. The number of H-pyrrole nitrogens is 1. The van der Waals surface area contributed by atoms with E-state index in [1.54, 1.807) is 40.0 Å². The average molecular weight is 435 g/mol. The van der Waals surface area contributed by atoms with Crippen LogP contribution in [0.1, 0.15) is 45.6 Å². The van der Waals surface area contributed by atoms with Crippen molar-refractivity contribution in [1.29, 1.82) is 0 Å². The van der Waals surface area contributed by atoms with Gasteiger partial charge in [-0.05, 0) is 44.9 Å². The fraction of sp³-hybridized carbons (Fsp3) is 0.500. The van der Waals surface area contributed by atoms with E-state index in [0.717, 1.165) is 0 Å². The zero-order valence-electron chi connectivity index (χ0n) is 16.0. The third kappa shape index (κ3) is 5.83. The molecular formula is C18H24ClFN2O5S. The van der Waals surface area contributed by atoms with E-state index in [0.29, 0.717) is 16.5 Å². The van der Waals surface area contributed by atoms with Gasteiger partial charge in [0.05, 0.1) is 16.3 Å². The van der Waals surface area contributed by atoms with E-state index in [1.807, 2.05) is 0 Å². The molecule has 28 heavy (non-hydrogen) atoms. The Bertz CT molecular complexity index is 968. The topological polar surface area (TPSA) is 108 Å². The third-order valence-electron chi connectivity index (χ3n) is 4.25. The molecular weight excluding hydrogens is 411 g/mol. The van der Waals surface area contributed by atoms with Crippen molar-refractivity contribution in [2.45, 2.75) is 51.7 Å². The SMILES string of the molecule is CC(c1cc(F)c(Cl)c2cc[nH]c12)C(CCS(=O)(=O)O)NC(=O)OC(C)(C)C. The molecule has 0 saturated heterocycles. The molecule has 10 heteroatoms. The summed E-state index contributed by atoms with van der Waals surface area (Å²) in [6.45, 7) is 6.80. The van der Waals surface area contributed by atoms with E-state index in [4.69, 9.17) is 20.9 Å². The molecule has 0 bridgehead atoms. The predicted molar refractivity (Wildman–Crippen MR) is 106 cm³/mol. The lowest BCUT2D eigenvalue weighted by Gasteiger charge is -2.28. The van der Waals surface area contributed by atoms with Crippen LogP contribution in [0.2, 0.25) is 5.02 Å². The van der Waals surface area contributed by atoms with Gasteiger partial charge in [-0.2, -0.15) is 8.42 Å². The van der Waals surface area contributed by atoms with E-state index in [2.05, 4.69) is 10.3 Å². The van der Waals surface area contributed by atoms with Gasteiger partial charge in [0.25, 0.3) is 10.1 Å². The van der Waals surface area contributed by atoms with Crippen LogP contribution in [0.25, 0.3) is 10.9 Å². The maximum absolute atomic E-state index is 14.3. The number of hydrogen-bond acceptors (Lipinski definition) is 4. The Morgan fingerprint density at radius 3 is 2.64 bits per heavy atom. The molecule has 1 aromatic carbocycles. The van der Waals surface area contributed by atoms with Crippen molar-refractivity contribution >= 4 is 38.7 Å². The van der Waals surface area contributed by atoms with Crippen LogP contribution >= 0.6 is 11.6 Å². The number of benzene rings is 1. The Balaban J connectivity index is 2.38. The molecule has 1 aromatic heterocycles. The molecule has 7 nitrogen and oxygen atoms in total. The zero-order valence-corrected chi connectivity index (χ0v) is 17.6. The number of amides is 1. The Labute approximate surface area is 168 Å². The molecule has 0 radical (unpaired) electrons. The van der Waals surface area contributed by atoms with Gasteiger partial charge < -0.3 is 15.0 Å². The maximum atomic E-state index is 14.3. The van der Waals surface area contributed by atoms with Crippen molar-refractivity contribution in [3.63, 3.8) is 0 Å². The summed E-state index contributed by atoms with van der Waals surface area (Å²) in [6.07, 6.45) is 0.781. The standard InChI is InChI=1S/C18H24ClFN2O5S/c1-10(12-9-13(20)15(19)11-5-7-21-16(11)12)14(6-8-28(24,25)26)22-17(23)27-18(2,3)4/h5,7,9-10,14,21H,6,8H2,1-4H3,(H,22,23)(H,24,25,26). The number of hydrogen-bond donors (Lipinski definition) is 3. The molecule has 156 valence electrons. The first-order valence-corrected chi connectivity index (χ1v) is 10.7. The maximum Gasteiger partial charge on any atom is 0.407 e. The monoisotopic (exact) mass is 434 g/mol. The molecule has 2 unspecified atom stereocenters. The molecule has 1 heterocycles. The van der Waals surface area contributed by atoms with Gasteiger partial charge >= 0.3 is 6.09 Å². The van der Waals surface area contributed by atoms with Crippen molar-refractivity contribution < 1.29 is 26.9 Å². The molecule has 0 aliphatic carbocycles. The second-order valence-electron chi connectivity index (χ2n) is 7.64. The quantitative estimate of drug-likeness (QED) is 0.589. The van der Waals surface area contributed by atoms with E-state index in [1.165, 1.54) is 6.07 Å². The number of nitrogens with one attached hydrogen (secondary N) is 2. The minimum absolute atomic E-state index is 0.0261. The molecule has 2 atom stereocenters. The Kier molecular flexibility index (Phi) is 6.62. The summed E-state index contributed by atoms with van der Waals surface area (Å²) in [5, 5.41) is 3.08. The van der Waals surface area contributed by atoms with Crippen molar-refractivity contribution in [2.24, 2.45) is 0 Å². The van der Waals surface area contributed by atoms with Crippen LogP contribution < -0.4 is 5.32 Å². The van der Waals surface area contributed by atoms with Gasteiger partial charge in [-0.1, -0.05) is 18.5 Å². The largest absolute Gasteiger partial charge is 0.444 e. The highest BCUT2D eigenvalue weighted by molar-refractivity contribution is 7.85. The van der Waals surface area contributed by atoms with Crippen LogP contribution in [-0.2, 0) is 14.9 Å². The van der Waals surface area contributed by atoms with E-state index < -0.39 is 45.3 Å². The van der Waals surface area contributed by atoms with E-state index in [9.17, 15) is 17.6 Å². The van der Waals surface area contributed by atoms with Gasteiger partial charge in [0.15, 0.2) is 0 Å². The summed E-state index contributed by atoms with van der Waals surface area (Å²) in [5.74, 6) is -1.70. The summed E-state index contributed by atoms with van der Waals surface area (Å²) in [5.41, 5.74) is 0.347. The molecule has 0 aliphatic rings. The normalized spacial score (nSPS) is 14.7. The van der Waals surface area contributed by atoms with Crippen molar-refractivity contribution in [3.8, 4) is 0 Å². The molecule has 0 spiro atoms. The van der Waals surface area contributed by atoms with Crippen molar-refractivity contribution in [1.82, 2.24) is 10.3 Å². The fourth-order valence-electron chi connectivity index (χ4n) is 2.95. The van der Waals surface area contributed by atoms with Crippen molar-refractivity contribution in [2.75, 3.05) is 5.75 Å². The Hall–Kier alpha value is -1.84. The number of carbonyl (C=O) groups excluding carboxylic acids is 1. The summed E-state index contributed by atoms with van der Waals surface area (Å²) < 4.78 is 51.0. The number of aromatic nitrogens is 1. The van der Waals surface area contributed by atoms with Gasteiger partial charge in [0.2, 0.25) is 0 Å². The molecule has 2 rings (SSSR count). The van der Waals surface area contributed by atoms with Crippen LogP contribution in [0, 0.1) is 5.82 Å². The van der Waals surface area contributed by atoms with Gasteiger partial charge in [-0.25, -0.2) is 9.18 Å². The predicted octanol–water partition coefficient (Wildman–Crippen LogP) is 4.24. The first kappa shape index (κ1) is 22.4. The van der Waals surface area contributed by atoms with Crippen LogP contribution in [0.5, 0.6) is 0 Å². The van der Waals surface area contributed by atoms with Crippen LogP contribution in [-0.4, -0.2) is 41.4 Å².